The maximum atomic E-state index is 12.9. The molecule has 1 atom stereocenters. The van der Waals surface area contributed by atoms with Crippen molar-refractivity contribution < 1.29 is 9.32 Å². The number of aryl methyl sites for hydroxylation is 2. The molecule has 5 heteroatoms. The molecule has 0 spiro atoms. The Labute approximate surface area is 145 Å². The number of hydrogen-bond acceptors (Lipinski definition) is 4. The van der Waals surface area contributed by atoms with E-state index in [9.17, 15) is 4.79 Å². The lowest BCUT2D eigenvalue weighted by Gasteiger charge is -2.41. The summed E-state index contributed by atoms with van der Waals surface area (Å²) < 4.78 is 5.41. The molecule has 2 aliphatic heterocycles. The second-order valence-corrected chi connectivity index (χ2v) is 7.15. The third-order valence-electron chi connectivity index (χ3n) is 5.59. The highest BCUT2D eigenvalue weighted by atomic mass is 16.5. The SMILES string of the molecule is CCc1noc(CC)c1CC(=O)N1CCC[C@@H](N2CCCCC2)C1. The second-order valence-electron chi connectivity index (χ2n) is 7.15. The van der Waals surface area contributed by atoms with E-state index in [1.807, 2.05) is 0 Å². The Hall–Kier alpha value is -1.36. The van der Waals surface area contributed by atoms with E-state index in [0.29, 0.717) is 12.5 Å². The minimum absolute atomic E-state index is 0.240. The number of hydrogen-bond donors (Lipinski definition) is 0. The van der Waals surface area contributed by atoms with E-state index in [2.05, 4.69) is 28.8 Å². The Bertz CT molecular complexity index is 527. The largest absolute Gasteiger partial charge is 0.361 e. The van der Waals surface area contributed by atoms with Crippen LogP contribution in [0.15, 0.2) is 4.52 Å². The van der Waals surface area contributed by atoms with E-state index in [0.717, 1.165) is 49.4 Å². The van der Waals surface area contributed by atoms with Gasteiger partial charge in [-0.15, -0.1) is 0 Å². The Morgan fingerprint density at radius 1 is 1.12 bits per heavy atom. The van der Waals surface area contributed by atoms with Gasteiger partial charge in [0.05, 0.1) is 12.1 Å². The molecule has 1 amide bonds. The van der Waals surface area contributed by atoms with Gasteiger partial charge in [-0.3, -0.25) is 9.69 Å². The van der Waals surface area contributed by atoms with Crippen LogP contribution in [0.5, 0.6) is 0 Å². The van der Waals surface area contributed by atoms with Crippen molar-refractivity contribution in [3.8, 4) is 0 Å². The van der Waals surface area contributed by atoms with Crippen molar-refractivity contribution in [2.45, 2.75) is 71.3 Å². The molecule has 0 aromatic carbocycles. The lowest BCUT2D eigenvalue weighted by molar-refractivity contribution is -0.132. The van der Waals surface area contributed by atoms with Crippen molar-refractivity contribution in [3.63, 3.8) is 0 Å². The minimum Gasteiger partial charge on any atom is -0.361 e. The summed E-state index contributed by atoms with van der Waals surface area (Å²) in [5, 5.41) is 4.14. The van der Waals surface area contributed by atoms with Crippen LogP contribution in [0.25, 0.3) is 0 Å². The quantitative estimate of drug-likeness (QED) is 0.831. The number of rotatable bonds is 5. The van der Waals surface area contributed by atoms with Crippen LogP contribution in [-0.4, -0.2) is 53.1 Å². The van der Waals surface area contributed by atoms with E-state index in [-0.39, 0.29) is 5.91 Å². The zero-order chi connectivity index (χ0) is 16.9. The number of carbonyl (C=O) groups excluding carboxylic acids is 1. The molecule has 1 aromatic rings. The summed E-state index contributed by atoms with van der Waals surface area (Å²) in [5.41, 5.74) is 1.98. The summed E-state index contributed by atoms with van der Waals surface area (Å²) in [4.78, 5) is 17.6. The van der Waals surface area contributed by atoms with Crippen LogP contribution in [-0.2, 0) is 24.1 Å². The van der Waals surface area contributed by atoms with Crippen molar-refractivity contribution in [2.75, 3.05) is 26.2 Å². The Balaban J connectivity index is 1.63. The first-order valence-corrected chi connectivity index (χ1v) is 9.71. The number of carbonyl (C=O) groups is 1. The van der Waals surface area contributed by atoms with Gasteiger partial charge in [0.2, 0.25) is 5.91 Å². The number of nitrogens with zero attached hydrogens (tertiary/aromatic N) is 3. The van der Waals surface area contributed by atoms with Crippen molar-refractivity contribution >= 4 is 5.91 Å². The average molecular weight is 333 g/mol. The third-order valence-corrected chi connectivity index (χ3v) is 5.59. The highest BCUT2D eigenvalue weighted by Crippen LogP contribution is 2.22. The second kappa shape index (κ2) is 8.15. The molecule has 5 nitrogen and oxygen atoms in total. The molecule has 1 aromatic heterocycles. The highest BCUT2D eigenvalue weighted by Gasteiger charge is 2.29. The molecule has 24 heavy (non-hydrogen) atoms. The molecule has 0 N–H and O–H groups in total. The van der Waals surface area contributed by atoms with Gasteiger partial charge in [0.1, 0.15) is 5.76 Å². The number of piperidine rings is 2. The standard InChI is InChI=1S/C19H31N3O2/c1-3-17-16(18(4-2)24-20-17)13-19(23)22-12-8-9-15(14-22)21-10-6-5-7-11-21/h15H,3-14H2,1-2H3/t15-/m1/s1. The van der Waals surface area contributed by atoms with E-state index in [4.69, 9.17) is 4.52 Å². The zero-order valence-corrected chi connectivity index (χ0v) is 15.2. The fraction of sp³-hybridized carbons (Fsp3) is 0.789. The van der Waals surface area contributed by atoms with Crippen LogP contribution in [0.3, 0.4) is 0 Å². The van der Waals surface area contributed by atoms with Crippen molar-refractivity contribution in [1.29, 1.82) is 0 Å². The summed E-state index contributed by atoms with van der Waals surface area (Å²) >= 11 is 0. The molecule has 0 bridgehead atoms. The lowest BCUT2D eigenvalue weighted by atomic mass is 9.99. The number of likely N-dealkylation sites (tertiary alicyclic amines) is 2. The molecule has 134 valence electrons. The van der Waals surface area contributed by atoms with Gasteiger partial charge in [-0.2, -0.15) is 0 Å². The van der Waals surface area contributed by atoms with Crippen molar-refractivity contribution in [2.24, 2.45) is 0 Å². The van der Waals surface area contributed by atoms with E-state index in [1.165, 1.54) is 38.8 Å². The molecule has 3 heterocycles. The smallest absolute Gasteiger partial charge is 0.227 e. The fourth-order valence-corrected chi connectivity index (χ4v) is 4.16. The molecule has 0 aliphatic carbocycles. The van der Waals surface area contributed by atoms with Gasteiger partial charge in [0.15, 0.2) is 0 Å². The monoisotopic (exact) mass is 333 g/mol. The first-order chi connectivity index (χ1) is 11.7. The van der Waals surface area contributed by atoms with Crippen LogP contribution >= 0.6 is 0 Å². The topological polar surface area (TPSA) is 49.6 Å². The third kappa shape index (κ3) is 3.82. The molecule has 2 saturated heterocycles. The van der Waals surface area contributed by atoms with Gasteiger partial charge in [0, 0.05) is 31.1 Å². The molecular formula is C19H31N3O2. The molecule has 3 rings (SSSR count). The van der Waals surface area contributed by atoms with Gasteiger partial charge in [-0.05, 0) is 45.2 Å². The Morgan fingerprint density at radius 2 is 1.92 bits per heavy atom. The average Bonchev–Trinajstić information content (AvgIpc) is 3.04. The van der Waals surface area contributed by atoms with Gasteiger partial charge in [-0.25, -0.2) is 0 Å². The van der Waals surface area contributed by atoms with Gasteiger partial charge >= 0.3 is 0 Å². The number of aromatic nitrogens is 1. The van der Waals surface area contributed by atoms with Crippen LogP contribution in [0.1, 0.15) is 63.0 Å². The van der Waals surface area contributed by atoms with Gasteiger partial charge in [-0.1, -0.05) is 25.4 Å². The van der Waals surface area contributed by atoms with Gasteiger partial charge < -0.3 is 9.42 Å². The normalized spacial score (nSPS) is 22.8. The zero-order valence-electron chi connectivity index (χ0n) is 15.2. The molecular weight excluding hydrogens is 302 g/mol. The summed E-state index contributed by atoms with van der Waals surface area (Å²) in [7, 11) is 0. The first kappa shape index (κ1) is 17.5. The minimum atomic E-state index is 0.240. The maximum absolute atomic E-state index is 12.9. The molecule has 0 radical (unpaired) electrons. The highest BCUT2D eigenvalue weighted by molar-refractivity contribution is 5.79. The summed E-state index contributed by atoms with van der Waals surface area (Å²) in [6.07, 6.45) is 8.40. The Kier molecular flexibility index (Phi) is 5.93. The van der Waals surface area contributed by atoms with E-state index >= 15 is 0 Å². The molecule has 2 fully saturated rings. The van der Waals surface area contributed by atoms with E-state index in [1.54, 1.807) is 0 Å². The predicted octanol–water partition coefficient (Wildman–Crippen LogP) is 2.82. The molecule has 2 aliphatic rings. The Morgan fingerprint density at radius 3 is 2.62 bits per heavy atom. The molecule has 0 unspecified atom stereocenters. The van der Waals surface area contributed by atoms with Crippen molar-refractivity contribution in [3.05, 3.63) is 17.0 Å². The van der Waals surface area contributed by atoms with Crippen molar-refractivity contribution in [1.82, 2.24) is 15.0 Å². The fourth-order valence-electron chi connectivity index (χ4n) is 4.16. The van der Waals surface area contributed by atoms with Crippen LogP contribution < -0.4 is 0 Å². The number of amides is 1. The summed E-state index contributed by atoms with van der Waals surface area (Å²) in [6.45, 7) is 8.33. The predicted molar refractivity (Wildman–Crippen MR) is 94.0 cm³/mol. The van der Waals surface area contributed by atoms with E-state index < -0.39 is 0 Å². The molecule has 0 saturated carbocycles. The first-order valence-electron chi connectivity index (χ1n) is 9.71. The summed E-state index contributed by atoms with van der Waals surface area (Å²) in [6, 6.07) is 0.557. The van der Waals surface area contributed by atoms with Crippen LogP contribution in [0.2, 0.25) is 0 Å². The maximum Gasteiger partial charge on any atom is 0.227 e. The lowest BCUT2D eigenvalue weighted by Crippen LogP contribution is -2.51. The summed E-state index contributed by atoms with van der Waals surface area (Å²) in [5.74, 6) is 1.12. The van der Waals surface area contributed by atoms with Crippen LogP contribution in [0, 0.1) is 0 Å². The van der Waals surface area contributed by atoms with Crippen LogP contribution in [0.4, 0.5) is 0 Å². The van der Waals surface area contributed by atoms with Gasteiger partial charge in [0.25, 0.3) is 0 Å².